The molecule has 0 spiro atoms. The first-order chi connectivity index (χ1) is 20.3. The molecule has 0 atom stereocenters. The first-order valence-electron chi connectivity index (χ1n) is 16.3. The van der Waals surface area contributed by atoms with Crippen molar-refractivity contribution in [1.82, 2.24) is 0 Å². The number of anilines is 1. The maximum Gasteiger partial charge on any atom is 0.234 e. The zero-order chi connectivity index (χ0) is 30.2. The van der Waals surface area contributed by atoms with Crippen LogP contribution < -0.4 is 14.6 Å². The van der Waals surface area contributed by atoms with E-state index in [2.05, 4.69) is 86.4 Å². The molecule has 1 aromatic heterocycles. The van der Waals surface area contributed by atoms with E-state index in [0.29, 0.717) is 6.42 Å². The van der Waals surface area contributed by atoms with E-state index in [0.717, 1.165) is 36.6 Å². The van der Waals surface area contributed by atoms with Crippen molar-refractivity contribution in [2.75, 3.05) is 11.9 Å². The molecular weight excluding hydrogens is 536 g/mol. The summed E-state index contributed by atoms with van der Waals surface area (Å²) in [5.41, 5.74) is 4.19. The number of thiazole rings is 1. The summed E-state index contributed by atoms with van der Waals surface area (Å²) in [6.45, 7) is 12.6. The Morgan fingerprint density at radius 3 is 2.00 bits per heavy atom. The maximum atomic E-state index is 12.9. The fourth-order valence-electron chi connectivity index (χ4n) is 5.36. The molecule has 230 valence electrons. The number of nitrogens with one attached hydrogen (secondary N) is 1. The van der Waals surface area contributed by atoms with E-state index in [4.69, 9.17) is 4.74 Å². The van der Waals surface area contributed by atoms with Gasteiger partial charge in [-0.15, -0.1) is 0 Å². The third-order valence-corrected chi connectivity index (χ3v) is 8.78. The van der Waals surface area contributed by atoms with Crippen molar-refractivity contribution in [3.63, 3.8) is 0 Å². The van der Waals surface area contributed by atoms with E-state index in [1.165, 1.54) is 86.8 Å². The van der Waals surface area contributed by atoms with Crippen molar-refractivity contribution < 1.29 is 14.1 Å². The van der Waals surface area contributed by atoms with Gasteiger partial charge in [0.25, 0.3) is 0 Å². The Bertz CT molecular complexity index is 1190. The Kier molecular flexibility index (Phi) is 14.6. The topological polar surface area (TPSA) is 42.2 Å². The fourth-order valence-corrected chi connectivity index (χ4v) is 6.03. The lowest BCUT2D eigenvalue weighted by Crippen LogP contribution is -2.34. The molecule has 42 heavy (non-hydrogen) atoms. The minimum atomic E-state index is -0.0196. The van der Waals surface area contributed by atoms with Crippen molar-refractivity contribution in [2.24, 2.45) is 0 Å². The third kappa shape index (κ3) is 12.3. The smallest absolute Gasteiger partial charge is 0.234 e. The molecule has 0 saturated carbocycles. The lowest BCUT2D eigenvalue weighted by atomic mass is 9.85. The summed E-state index contributed by atoms with van der Waals surface area (Å²) in [6, 6.07) is 14.4. The van der Waals surface area contributed by atoms with Gasteiger partial charge in [-0.25, -0.2) is 0 Å². The van der Waals surface area contributed by atoms with Gasteiger partial charge in [-0.05, 0) is 41.2 Å². The third-order valence-electron chi connectivity index (χ3n) is 7.95. The van der Waals surface area contributed by atoms with Crippen molar-refractivity contribution in [1.29, 1.82) is 0 Å². The minimum Gasteiger partial charge on any atom is -0.493 e. The van der Waals surface area contributed by atoms with Crippen LogP contribution in [0.1, 0.15) is 126 Å². The highest BCUT2D eigenvalue weighted by atomic mass is 32.1. The molecular formula is C37H55N2O2S+. The Hall–Kier alpha value is -2.66. The molecule has 0 aliphatic carbocycles. The number of carbonyl (C=O) groups excluding carboxylic acids is 1. The average molecular weight is 592 g/mol. The van der Waals surface area contributed by atoms with Crippen LogP contribution >= 0.6 is 11.3 Å². The summed E-state index contributed by atoms with van der Waals surface area (Å²) in [7, 11) is 0. The second kappa shape index (κ2) is 18.1. The quantitative estimate of drug-likeness (QED) is 0.111. The van der Waals surface area contributed by atoms with Crippen LogP contribution in [0, 0.1) is 6.92 Å². The first-order valence-corrected chi connectivity index (χ1v) is 17.2. The summed E-state index contributed by atoms with van der Waals surface area (Å²) in [6.07, 6.45) is 18.5. The van der Waals surface area contributed by atoms with Crippen LogP contribution in [-0.4, -0.2) is 12.5 Å². The number of aromatic nitrogens is 1. The summed E-state index contributed by atoms with van der Waals surface area (Å²) in [4.78, 5) is 12.9. The second-order valence-corrected chi connectivity index (χ2v) is 13.9. The molecule has 0 aliphatic heterocycles. The highest BCUT2D eigenvalue weighted by Crippen LogP contribution is 2.32. The Labute approximate surface area is 259 Å². The fraction of sp³-hybridized carbons (Fsp3) is 0.568. The van der Waals surface area contributed by atoms with Crippen molar-refractivity contribution in [3.8, 4) is 5.75 Å². The summed E-state index contributed by atoms with van der Waals surface area (Å²) in [5, 5.41) is 6.45. The van der Waals surface area contributed by atoms with Gasteiger partial charge in [0.1, 0.15) is 5.75 Å². The lowest BCUT2D eigenvalue weighted by molar-refractivity contribution is -0.689. The van der Waals surface area contributed by atoms with Crippen LogP contribution in [0.4, 0.5) is 5.69 Å². The van der Waals surface area contributed by atoms with Gasteiger partial charge in [-0.2, -0.15) is 4.57 Å². The molecule has 1 heterocycles. The van der Waals surface area contributed by atoms with Gasteiger partial charge in [0.05, 0.1) is 18.4 Å². The number of benzene rings is 2. The number of amides is 1. The number of nitrogens with zero attached hydrogens (tertiary/aromatic N) is 1. The molecule has 0 fully saturated rings. The normalized spacial score (nSPS) is 11.5. The van der Waals surface area contributed by atoms with Gasteiger partial charge >= 0.3 is 0 Å². The van der Waals surface area contributed by atoms with Crippen molar-refractivity contribution >= 4 is 22.9 Å². The second-order valence-electron chi connectivity index (χ2n) is 12.8. The number of hydrogen-bond donors (Lipinski definition) is 1. The van der Waals surface area contributed by atoms with Crippen LogP contribution in [0.5, 0.6) is 5.75 Å². The van der Waals surface area contributed by atoms with Crippen LogP contribution in [0.15, 0.2) is 54.0 Å². The van der Waals surface area contributed by atoms with E-state index in [-0.39, 0.29) is 11.3 Å². The number of hydrogen-bond acceptors (Lipinski definition) is 3. The number of aryl methyl sites for hydroxylation is 1. The molecule has 1 amide bonds. The summed E-state index contributed by atoms with van der Waals surface area (Å²) >= 11 is 1.75. The van der Waals surface area contributed by atoms with E-state index >= 15 is 0 Å². The maximum absolute atomic E-state index is 12.9. The van der Waals surface area contributed by atoms with Gasteiger partial charge in [0.15, 0.2) is 12.7 Å². The standard InChI is InChI=1S/C37H54N2O2S/c1-6-7-8-9-10-11-12-13-14-15-16-17-25-41-35-27-32(20-23-34(35)37(3,4)5)28-36(40)38-33-21-18-31(19-22-33)29-39-24-26-42-30(39)2/h18-24,26-27H,6-17,25,28-29H2,1-5H3/p+1. The monoisotopic (exact) mass is 591 g/mol. The SMILES string of the molecule is CCCCCCCCCCCCCCOc1cc(CC(=O)Nc2ccc(C[n+]3ccsc3C)cc2)ccc1C(C)(C)C. The van der Waals surface area contributed by atoms with Gasteiger partial charge < -0.3 is 10.1 Å². The summed E-state index contributed by atoms with van der Waals surface area (Å²) in [5.74, 6) is 0.905. The van der Waals surface area contributed by atoms with Gasteiger partial charge in [-0.3, -0.25) is 4.79 Å². The molecule has 3 rings (SSSR count). The predicted octanol–water partition coefficient (Wildman–Crippen LogP) is 9.95. The number of ether oxygens (including phenoxy) is 1. The van der Waals surface area contributed by atoms with Crippen LogP contribution in [0.2, 0.25) is 0 Å². The van der Waals surface area contributed by atoms with E-state index in [1.807, 2.05) is 12.1 Å². The summed E-state index contributed by atoms with van der Waals surface area (Å²) < 4.78 is 8.56. The largest absolute Gasteiger partial charge is 0.493 e. The Morgan fingerprint density at radius 1 is 0.833 bits per heavy atom. The molecule has 0 bridgehead atoms. The lowest BCUT2D eigenvalue weighted by Gasteiger charge is -2.23. The predicted molar refractivity (Wildman–Crippen MR) is 179 cm³/mol. The molecule has 1 N–H and O–H groups in total. The molecule has 2 aromatic carbocycles. The van der Waals surface area contributed by atoms with Crippen molar-refractivity contribution in [2.45, 2.75) is 130 Å². The zero-order valence-corrected chi connectivity index (χ0v) is 27.8. The zero-order valence-electron chi connectivity index (χ0n) is 27.0. The molecule has 3 aromatic rings. The molecule has 0 unspecified atom stereocenters. The van der Waals surface area contributed by atoms with E-state index in [9.17, 15) is 4.79 Å². The van der Waals surface area contributed by atoms with Gasteiger partial charge in [-0.1, -0.05) is 134 Å². The Balaban J connectivity index is 1.42. The molecule has 0 aliphatic rings. The van der Waals surface area contributed by atoms with Crippen LogP contribution in [-0.2, 0) is 23.2 Å². The van der Waals surface area contributed by atoms with Crippen LogP contribution in [0.25, 0.3) is 0 Å². The molecule has 0 saturated heterocycles. The Morgan fingerprint density at radius 2 is 1.43 bits per heavy atom. The van der Waals surface area contributed by atoms with Gasteiger partial charge in [0.2, 0.25) is 10.9 Å². The minimum absolute atomic E-state index is 0.0128. The highest BCUT2D eigenvalue weighted by Gasteiger charge is 2.20. The number of unbranched alkanes of at least 4 members (excludes halogenated alkanes) is 11. The molecule has 4 nitrogen and oxygen atoms in total. The van der Waals surface area contributed by atoms with Crippen molar-refractivity contribution in [3.05, 3.63) is 75.7 Å². The van der Waals surface area contributed by atoms with E-state index in [1.54, 1.807) is 11.3 Å². The number of carbonyl (C=O) groups is 1. The van der Waals surface area contributed by atoms with Gasteiger partial charge in [0, 0.05) is 18.2 Å². The highest BCUT2D eigenvalue weighted by molar-refractivity contribution is 7.09. The average Bonchev–Trinajstić information content (AvgIpc) is 3.35. The first kappa shape index (κ1) is 33.8. The van der Waals surface area contributed by atoms with Crippen LogP contribution in [0.3, 0.4) is 0 Å². The van der Waals surface area contributed by atoms with E-state index < -0.39 is 0 Å². The number of rotatable bonds is 19. The molecule has 0 radical (unpaired) electrons. The molecule has 5 heteroatoms.